The molecule has 0 saturated heterocycles. The van der Waals surface area contributed by atoms with Gasteiger partial charge >= 0.3 is 0 Å². The van der Waals surface area contributed by atoms with Crippen LogP contribution in [0.15, 0.2) is 44.2 Å². The second-order valence-electron chi connectivity index (χ2n) is 3.75. The Kier molecular flexibility index (Phi) is 4.38. The Morgan fingerprint density at radius 1 is 0.545 bits per heavy atom. The smallest absolute Gasteiger partial charge is 0.211 e. The third kappa shape index (κ3) is 2.44. The Morgan fingerprint density at radius 2 is 0.864 bits per heavy atom. The molecule has 0 aliphatic carbocycles. The number of hydrogen-bond donors (Lipinski definition) is 0. The first-order valence-corrected chi connectivity index (χ1v) is 5.68. The first-order chi connectivity index (χ1) is 10.8. The van der Waals surface area contributed by atoms with Crippen molar-refractivity contribution in [3.05, 3.63) is 24.3 Å². The number of hydrogen-bond acceptors (Lipinski definition) is 8. The molecule has 0 aliphatic heterocycles. The molecule has 104 valence electrons. The van der Waals surface area contributed by atoms with Gasteiger partial charge < -0.3 is 0 Å². The lowest BCUT2D eigenvalue weighted by molar-refractivity contribution is 0.563. The van der Waals surface area contributed by atoms with E-state index in [9.17, 15) is 19.2 Å². The molecule has 0 N–H and O–H groups in total. The van der Waals surface area contributed by atoms with Crippen LogP contribution in [0.3, 0.4) is 0 Å². The van der Waals surface area contributed by atoms with Crippen molar-refractivity contribution >= 4 is 57.8 Å². The maximum atomic E-state index is 10.6. The third-order valence-electron chi connectivity index (χ3n) is 2.74. The van der Waals surface area contributed by atoms with Crippen molar-refractivity contribution in [2.24, 2.45) is 20.0 Å². The number of aliphatic imine (C=N–C) groups is 4. The second-order valence-corrected chi connectivity index (χ2v) is 3.75. The van der Waals surface area contributed by atoms with Gasteiger partial charge in [0.2, 0.25) is 24.3 Å². The standard InChI is InChI=1S/C14H4N4O4/c19-5-15-11-9-3-1-2-4-10(9)12(16-6-20)14(18-8-22)13(11)17-7-21/h1-4H. The molecular weight excluding hydrogens is 288 g/mol. The quantitative estimate of drug-likeness (QED) is 0.635. The molecule has 0 atom stereocenters. The summed E-state index contributed by atoms with van der Waals surface area (Å²) in [6.07, 6.45) is 5.21. The Hall–Kier alpha value is -3.78. The van der Waals surface area contributed by atoms with Crippen molar-refractivity contribution in [3.8, 4) is 0 Å². The van der Waals surface area contributed by atoms with Crippen molar-refractivity contribution in [2.45, 2.75) is 0 Å². The van der Waals surface area contributed by atoms with E-state index >= 15 is 0 Å². The van der Waals surface area contributed by atoms with Crippen LogP contribution in [-0.2, 0) is 19.2 Å². The zero-order valence-electron chi connectivity index (χ0n) is 10.7. The fourth-order valence-electron chi connectivity index (χ4n) is 2.00. The van der Waals surface area contributed by atoms with Crippen LogP contribution in [0.4, 0.5) is 22.7 Å². The van der Waals surface area contributed by atoms with E-state index in [-0.39, 0.29) is 22.7 Å². The molecular formula is C14H4N4O4. The highest BCUT2D eigenvalue weighted by Crippen LogP contribution is 2.50. The highest BCUT2D eigenvalue weighted by atomic mass is 16.1. The topological polar surface area (TPSA) is 118 Å². The lowest BCUT2D eigenvalue weighted by atomic mass is 10.0. The van der Waals surface area contributed by atoms with E-state index in [1.54, 1.807) is 24.3 Å². The molecule has 2 rings (SSSR count). The predicted octanol–water partition coefficient (Wildman–Crippen LogP) is 2.71. The van der Waals surface area contributed by atoms with Gasteiger partial charge in [-0.1, -0.05) is 24.3 Å². The van der Waals surface area contributed by atoms with Gasteiger partial charge in [-0.3, -0.25) is 0 Å². The van der Waals surface area contributed by atoms with Crippen molar-refractivity contribution < 1.29 is 19.2 Å². The van der Waals surface area contributed by atoms with Gasteiger partial charge in [0.25, 0.3) is 0 Å². The zero-order chi connectivity index (χ0) is 15.9. The largest absolute Gasteiger partial charge is 0.240 e. The molecule has 0 saturated carbocycles. The lowest BCUT2D eigenvalue weighted by Gasteiger charge is -2.09. The molecule has 0 radical (unpaired) electrons. The molecule has 0 unspecified atom stereocenters. The summed E-state index contributed by atoms with van der Waals surface area (Å²) < 4.78 is 0. The predicted molar refractivity (Wildman–Crippen MR) is 75.1 cm³/mol. The molecule has 0 aliphatic rings. The van der Waals surface area contributed by atoms with E-state index in [0.29, 0.717) is 10.8 Å². The summed E-state index contributed by atoms with van der Waals surface area (Å²) >= 11 is 0. The molecule has 0 amide bonds. The fourth-order valence-corrected chi connectivity index (χ4v) is 2.00. The van der Waals surface area contributed by atoms with Gasteiger partial charge in [0.1, 0.15) is 22.7 Å². The fraction of sp³-hybridized carbons (Fsp3) is 0. The summed E-state index contributed by atoms with van der Waals surface area (Å²) in [6, 6.07) is 6.40. The molecule has 0 bridgehead atoms. The Labute approximate surface area is 122 Å². The van der Waals surface area contributed by atoms with Crippen molar-refractivity contribution in [1.82, 2.24) is 0 Å². The van der Waals surface area contributed by atoms with Crippen molar-refractivity contribution in [3.63, 3.8) is 0 Å². The summed E-state index contributed by atoms with van der Waals surface area (Å²) in [5.41, 5.74) is -0.579. The highest BCUT2D eigenvalue weighted by Gasteiger charge is 2.19. The number of rotatable bonds is 4. The zero-order valence-corrected chi connectivity index (χ0v) is 10.7. The van der Waals surface area contributed by atoms with Gasteiger partial charge in [0.15, 0.2) is 0 Å². The van der Waals surface area contributed by atoms with Crippen molar-refractivity contribution in [1.29, 1.82) is 0 Å². The summed E-state index contributed by atoms with van der Waals surface area (Å²) in [6.45, 7) is 0. The third-order valence-corrected chi connectivity index (χ3v) is 2.74. The molecule has 8 heteroatoms. The van der Waals surface area contributed by atoms with Crippen LogP contribution in [0.25, 0.3) is 10.8 Å². The van der Waals surface area contributed by atoms with Crippen LogP contribution >= 0.6 is 0 Å². The summed E-state index contributed by atoms with van der Waals surface area (Å²) in [7, 11) is 0. The van der Waals surface area contributed by atoms with E-state index < -0.39 is 0 Å². The van der Waals surface area contributed by atoms with Crippen LogP contribution in [0, 0.1) is 0 Å². The van der Waals surface area contributed by atoms with Gasteiger partial charge in [0, 0.05) is 10.8 Å². The van der Waals surface area contributed by atoms with E-state index in [1.165, 1.54) is 24.3 Å². The first kappa shape index (κ1) is 14.6. The first-order valence-electron chi connectivity index (χ1n) is 5.68. The van der Waals surface area contributed by atoms with E-state index in [4.69, 9.17) is 0 Å². The van der Waals surface area contributed by atoms with E-state index in [0.717, 1.165) is 0 Å². The molecule has 22 heavy (non-hydrogen) atoms. The highest BCUT2D eigenvalue weighted by molar-refractivity contribution is 6.12. The summed E-state index contributed by atoms with van der Waals surface area (Å²) in [4.78, 5) is 56.3. The number of isocyanates is 4. The van der Waals surface area contributed by atoms with Crippen LogP contribution in [0.2, 0.25) is 0 Å². The summed E-state index contributed by atoms with van der Waals surface area (Å²) in [5.74, 6) is 0. The number of carbonyl (C=O) groups excluding carboxylic acids is 4. The Morgan fingerprint density at radius 3 is 1.18 bits per heavy atom. The van der Waals surface area contributed by atoms with E-state index in [1.807, 2.05) is 0 Å². The Bertz CT molecular complexity index is 878. The summed E-state index contributed by atoms with van der Waals surface area (Å²) in [5, 5.41) is 0.720. The van der Waals surface area contributed by atoms with Crippen LogP contribution < -0.4 is 0 Å². The molecule has 0 aromatic heterocycles. The van der Waals surface area contributed by atoms with Crippen LogP contribution in [0.5, 0.6) is 0 Å². The molecule has 2 aromatic rings. The minimum absolute atomic E-state index is 0.0483. The van der Waals surface area contributed by atoms with Gasteiger partial charge in [-0.2, -0.15) is 20.0 Å². The molecule has 8 nitrogen and oxygen atoms in total. The van der Waals surface area contributed by atoms with Gasteiger partial charge in [0.05, 0.1) is 0 Å². The van der Waals surface area contributed by atoms with E-state index in [2.05, 4.69) is 20.0 Å². The van der Waals surface area contributed by atoms with Gasteiger partial charge in [-0.15, -0.1) is 0 Å². The molecule has 2 aromatic carbocycles. The maximum absolute atomic E-state index is 10.6. The van der Waals surface area contributed by atoms with Crippen LogP contribution in [0.1, 0.15) is 0 Å². The molecule has 0 fully saturated rings. The normalized spacial score (nSPS) is 8.91. The SMILES string of the molecule is O=C=Nc1c(N=C=O)c(N=C=O)c2ccccc2c1N=C=O. The molecule has 0 heterocycles. The number of benzene rings is 2. The number of nitrogens with zero attached hydrogens (tertiary/aromatic N) is 4. The average molecular weight is 292 g/mol. The monoisotopic (exact) mass is 292 g/mol. The minimum Gasteiger partial charge on any atom is -0.211 e. The second kappa shape index (κ2) is 6.59. The minimum atomic E-state index is -0.241. The lowest BCUT2D eigenvalue weighted by Crippen LogP contribution is -1.81. The number of fused-ring (bicyclic) bond motifs is 1. The average Bonchev–Trinajstić information content (AvgIpc) is 2.54. The van der Waals surface area contributed by atoms with Crippen LogP contribution in [-0.4, -0.2) is 24.3 Å². The molecule has 0 spiro atoms. The Balaban J connectivity index is 3.22. The van der Waals surface area contributed by atoms with Crippen molar-refractivity contribution in [2.75, 3.05) is 0 Å². The maximum Gasteiger partial charge on any atom is 0.240 e. The van der Waals surface area contributed by atoms with Gasteiger partial charge in [-0.25, -0.2) is 19.2 Å². The van der Waals surface area contributed by atoms with Gasteiger partial charge in [-0.05, 0) is 0 Å².